The standard InChI is InChI=1S/C21H26O9/c1-25-13-8-7-11(9-14(13)26-2)16(21(29-5)30-6)19(24)17-12(22)10-15(27-3)18(23)20(17)28-4/h7-10,16,21-23H,1-6H3. The number of carbonyl (C=O) groups is 1. The minimum absolute atomic E-state index is 0.0430. The van der Waals surface area contributed by atoms with Gasteiger partial charge in [0.1, 0.15) is 11.3 Å². The van der Waals surface area contributed by atoms with Gasteiger partial charge < -0.3 is 38.6 Å². The fourth-order valence-electron chi connectivity index (χ4n) is 3.21. The van der Waals surface area contributed by atoms with Gasteiger partial charge in [-0.25, -0.2) is 0 Å². The van der Waals surface area contributed by atoms with Crippen LogP contribution in [0.25, 0.3) is 0 Å². The first-order chi connectivity index (χ1) is 14.4. The van der Waals surface area contributed by atoms with Crippen LogP contribution < -0.4 is 18.9 Å². The molecule has 0 radical (unpaired) electrons. The van der Waals surface area contributed by atoms with Crippen LogP contribution in [0, 0.1) is 0 Å². The van der Waals surface area contributed by atoms with Crippen LogP contribution in [0.5, 0.6) is 34.5 Å². The van der Waals surface area contributed by atoms with E-state index in [9.17, 15) is 15.0 Å². The van der Waals surface area contributed by atoms with Crippen molar-refractivity contribution in [3.63, 3.8) is 0 Å². The molecule has 0 aliphatic rings. The summed E-state index contributed by atoms with van der Waals surface area (Å²) in [6.07, 6.45) is -1.01. The van der Waals surface area contributed by atoms with Gasteiger partial charge in [0.2, 0.25) is 5.75 Å². The van der Waals surface area contributed by atoms with Gasteiger partial charge in [0.05, 0.1) is 34.4 Å². The van der Waals surface area contributed by atoms with Crippen molar-refractivity contribution in [2.45, 2.75) is 12.2 Å². The zero-order valence-corrected chi connectivity index (χ0v) is 17.7. The van der Waals surface area contributed by atoms with E-state index in [4.69, 9.17) is 28.4 Å². The molecule has 164 valence electrons. The van der Waals surface area contributed by atoms with Crippen molar-refractivity contribution in [1.29, 1.82) is 0 Å². The van der Waals surface area contributed by atoms with Gasteiger partial charge in [-0.15, -0.1) is 0 Å². The van der Waals surface area contributed by atoms with Crippen LogP contribution in [0.3, 0.4) is 0 Å². The van der Waals surface area contributed by atoms with Crippen LogP contribution in [0.2, 0.25) is 0 Å². The number of Topliss-reactive ketones (excluding diaryl/α,β-unsaturated/α-hetero) is 1. The number of methoxy groups -OCH3 is 6. The molecule has 9 nitrogen and oxygen atoms in total. The summed E-state index contributed by atoms with van der Waals surface area (Å²) in [7, 11) is 8.32. The number of aromatic hydroxyl groups is 2. The summed E-state index contributed by atoms with van der Waals surface area (Å²) < 4.78 is 31.5. The lowest BCUT2D eigenvalue weighted by atomic mass is 9.88. The van der Waals surface area contributed by atoms with Crippen LogP contribution in [0.1, 0.15) is 21.8 Å². The molecule has 0 saturated heterocycles. The van der Waals surface area contributed by atoms with Gasteiger partial charge in [0.15, 0.2) is 35.1 Å². The molecule has 1 atom stereocenters. The van der Waals surface area contributed by atoms with E-state index in [1.54, 1.807) is 18.2 Å². The molecule has 2 aromatic rings. The molecule has 0 bridgehead atoms. The second-order valence-corrected chi connectivity index (χ2v) is 6.15. The number of ether oxygens (including phenoxy) is 6. The summed E-state index contributed by atoms with van der Waals surface area (Å²) in [6, 6.07) is 6.03. The first-order valence-electron chi connectivity index (χ1n) is 8.86. The number of benzene rings is 2. The van der Waals surface area contributed by atoms with Crippen LogP contribution in [0.15, 0.2) is 24.3 Å². The first kappa shape index (κ1) is 23.1. The van der Waals surface area contributed by atoms with Gasteiger partial charge in [-0.2, -0.15) is 0 Å². The number of hydrogen-bond acceptors (Lipinski definition) is 9. The number of hydrogen-bond donors (Lipinski definition) is 2. The van der Waals surface area contributed by atoms with E-state index < -0.39 is 29.5 Å². The second-order valence-electron chi connectivity index (χ2n) is 6.15. The molecule has 0 amide bonds. The summed E-state index contributed by atoms with van der Waals surface area (Å²) in [5, 5.41) is 20.9. The summed E-state index contributed by atoms with van der Waals surface area (Å²) >= 11 is 0. The molecule has 9 heteroatoms. The van der Waals surface area contributed by atoms with Crippen molar-refractivity contribution in [3.8, 4) is 34.5 Å². The molecule has 30 heavy (non-hydrogen) atoms. The molecule has 0 fully saturated rings. The van der Waals surface area contributed by atoms with E-state index in [1.165, 1.54) is 42.7 Å². The lowest BCUT2D eigenvalue weighted by Crippen LogP contribution is -2.30. The van der Waals surface area contributed by atoms with Crippen LogP contribution >= 0.6 is 0 Å². The van der Waals surface area contributed by atoms with Gasteiger partial charge in [-0.3, -0.25) is 4.79 Å². The third-order valence-electron chi connectivity index (χ3n) is 4.66. The minimum Gasteiger partial charge on any atom is -0.507 e. The van der Waals surface area contributed by atoms with Crippen molar-refractivity contribution in [3.05, 3.63) is 35.4 Å². The minimum atomic E-state index is -1.03. The summed E-state index contributed by atoms with van der Waals surface area (Å²) in [4.78, 5) is 13.6. The number of carbonyl (C=O) groups excluding carboxylic acids is 1. The number of ketones is 1. The molecule has 0 aromatic heterocycles. The van der Waals surface area contributed by atoms with Gasteiger partial charge in [-0.1, -0.05) is 6.07 Å². The average Bonchev–Trinajstić information content (AvgIpc) is 2.77. The maximum absolute atomic E-state index is 13.6. The Kier molecular flexibility index (Phi) is 7.73. The Morgan fingerprint density at radius 1 is 0.800 bits per heavy atom. The molecule has 0 spiro atoms. The SMILES string of the molecule is COc1ccc(C(C(=O)c2c(O)cc(OC)c(O)c2OC)C(OC)OC)cc1OC. The highest BCUT2D eigenvalue weighted by Crippen LogP contribution is 2.46. The van der Waals surface area contributed by atoms with E-state index >= 15 is 0 Å². The van der Waals surface area contributed by atoms with Gasteiger partial charge >= 0.3 is 0 Å². The first-order valence-corrected chi connectivity index (χ1v) is 8.86. The molecule has 0 aliphatic carbocycles. The molecule has 0 heterocycles. The highest BCUT2D eigenvalue weighted by molar-refractivity contribution is 6.06. The summed E-state index contributed by atoms with van der Waals surface area (Å²) in [6.45, 7) is 0. The van der Waals surface area contributed by atoms with Crippen LogP contribution in [0.4, 0.5) is 0 Å². The number of phenols is 2. The molecule has 0 aliphatic heterocycles. The predicted octanol–water partition coefficient (Wildman–Crippen LogP) is 2.72. The Balaban J connectivity index is 2.70. The molecular formula is C21H26O9. The van der Waals surface area contributed by atoms with Crippen molar-refractivity contribution in [2.75, 3.05) is 42.7 Å². The largest absolute Gasteiger partial charge is 0.507 e. The smallest absolute Gasteiger partial charge is 0.201 e. The lowest BCUT2D eigenvalue weighted by molar-refractivity contribution is -0.110. The Morgan fingerprint density at radius 2 is 1.40 bits per heavy atom. The molecule has 1 unspecified atom stereocenters. The van der Waals surface area contributed by atoms with E-state index in [0.29, 0.717) is 17.1 Å². The molecular weight excluding hydrogens is 396 g/mol. The predicted molar refractivity (Wildman–Crippen MR) is 107 cm³/mol. The van der Waals surface area contributed by atoms with Gasteiger partial charge in [0, 0.05) is 20.3 Å². The van der Waals surface area contributed by atoms with Crippen molar-refractivity contribution >= 4 is 5.78 Å². The highest BCUT2D eigenvalue weighted by atomic mass is 16.7. The Labute approximate surface area is 174 Å². The second kappa shape index (κ2) is 10.0. The molecule has 2 rings (SSSR count). The Hall–Kier alpha value is -3.17. The van der Waals surface area contributed by atoms with E-state index in [1.807, 2.05) is 0 Å². The maximum atomic E-state index is 13.6. The van der Waals surface area contributed by atoms with Crippen molar-refractivity contribution in [2.24, 2.45) is 0 Å². The van der Waals surface area contributed by atoms with E-state index in [-0.39, 0.29) is 17.1 Å². The monoisotopic (exact) mass is 422 g/mol. The lowest BCUT2D eigenvalue weighted by Gasteiger charge is -2.26. The number of rotatable bonds is 10. The molecule has 2 aromatic carbocycles. The van der Waals surface area contributed by atoms with Gasteiger partial charge in [-0.05, 0) is 17.7 Å². The maximum Gasteiger partial charge on any atom is 0.201 e. The van der Waals surface area contributed by atoms with Crippen LogP contribution in [-0.2, 0) is 9.47 Å². The normalized spacial score (nSPS) is 11.8. The highest BCUT2D eigenvalue weighted by Gasteiger charge is 2.36. The Morgan fingerprint density at radius 3 is 1.90 bits per heavy atom. The summed E-state index contributed by atoms with van der Waals surface area (Å²) in [5.41, 5.74) is 0.234. The van der Waals surface area contributed by atoms with E-state index in [0.717, 1.165) is 6.07 Å². The summed E-state index contributed by atoms with van der Waals surface area (Å²) in [5.74, 6) is -1.89. The third kappa shape index (κ3) is 4.22. The zero-order chi connectivity index (χ0) is 22.4. The number of phenolic OH excluding ortho intramolecular Hbond substituents is 2. The van der Waals surface area contributed by atoms with Crippen LogP contribution in [-0.4, -0.2) is 64.9 Å². The van der Waals surface area contributed by atoms with Crippen molar-refractivity contribution < 1.29 is 43.4 Å². The Bertz CT molecular complexity index is 891. The fourth-order valence-corrected chi connectivity index (χ4v) is 3.21. The fraction of sp³-hybridized carbons (Fsp3) is 0.381. The zero-order valence-electron chi connectivity index (χ0n) is 17.7. The van der Waals surface area contributed by atoms with Crippen molar-refractivity contribution in [1.82, 2.24) is 0 Å². The molecule has 0 saturated carbocycles. The topological polar surface area (TPSA) is 113 Å². The van der Waals surface area contributed by atoms with E-state index in [2.05, 4.69) is 0 Å². The van der Waals surface area contributed by atoms with Gasteiger partial charge in [0.25, 0.3) is 0 Å². The average molecular weight is 422 g/mol. The molecule has 2 N–H and O–H groups in total. The third-order valence-corrected chi connectivity index (χ3v) is 4.66. The quantitative estimate of drug-likeness (QED) is 0.339.